The van der Waals surface area contributed by atoms with Crippen LogP contribution in [0.3, 0.4) is 0 Å². The Labute approximate surface area is 148 Å². The normalized spacial score (nSPS) is 12.0. The number of likely N-dealkylation sites (N-methyl/N-ethyl adjacent to an activating group) is 2. The summed E-state index contributed by atoms with van der Waals surface area (Å²) in [6, 6.07) is 15.4. The van der Waals surface area contributed by atoms with Crippen LogP contribution in [0.25, 0.3) is 0 Å². The van der Waals surface area contributed by atoms with Crippen LogP contribution >= 0.6 is 11.6 Å². The van der Waals surface area contributed by atoms with Crippen LogP contribution in [0.1, 0.15) is 18.1 Å². The first-order valence-corrected chi connectivity index (χ1v) is 8.25. The van der Waals surface area contributed by atoms with E-state index in [4.69, 9.17) is 16.3 Å². The minimum Gasteiger partial charge on any atom is -0.489 e. The number of amides is 1. The Morgan fingerprint density at radius 1 is 1.21 bits per heavy atom. The van der Waals surface area contributed by atoms with E-state index in [2.05, 4.69) is 5.32 Å². The summed E-state index contributed by atoms with van der Waals surface area (Å²) in [5.41, 5.74) is 2.16. The highest BCUT2D eigenvalue weighted by atomic mass is 35.5. The van der Waals surface area contributed by atoms with Gasteiger partial charge in [0.25, 0.3) is 0 Å². The third kappa shape index (κ3) is 5.25. The first kappa shape index (κ1) is 18.3. The molecule has 0 saturated heterocycles. The Morgan fingerprint density at radius 3 is 2.54 bits per heavy atom. The molecule has 1 unspecified atom stereocenters. The molecule has 0 radical (unpaired) electrons. The molecule has 1 atom stereocenters. The van der Waals surface area contributed by atoms with Crippen molar-refractivity contribution in [2.24, 2.45) is 0 Å². The summed E-state index contributed by atoms with van der Waals surface area (Å²) in [5, 5.41) is 3.37. The first-order chi connectivity index (χ1) is 11.5. The zero-order chi connectivity index (χ0) is 17.5. The van der Waals surface area contributed by atoms with E-state index in [0.29, 0.717) is 18.2 Å². The van der Waals surface area contributed by atoms with E-state index in [1.165, 1.54) is 0 Å². The number of ether oxygens (including phenoxy) is 1. The van der Waals surface area contributed by atoms with Crippen LogP contribution in [-0.4, -0.2) is 30.9 Å². The molecule has 1 amide bonds. The van der Waals surface area contributed by atoms with Gasteiger partial charge in [0.15, 0.2) is 0 Å². The number of rotatable bonds is 7. The summed E-state index contributed by atoms with van der Waals surface area (Å²) in [7, 11) is 3.59. The van der Waals surface area contributed by atoms with Gasteiger partial charge in [-0.05, 0) is 49.4 Å². The first-order valence-electron chi connectivity index (χ1n) is 7.87. The quantitative estimate of drug-likeness (QED) is 0.834. The van der Waals surface area contributed by atoms with Crippen molar-refractivity contribution >= 4 is 17.5 Å². The van der Waals surface area contributed by atoms with Gasteiger partial charge in [-0.3, -0.25) is 9.69 Å². The second-order valence-corrected chi connectivity index (χ2v) is 6.20. The van der Waals surface area contributed by atoms with Gasteiger partial charge >= 0.3 is 0 Å². The third-order valence-corrected chi connectivity index (χ3v) is 4.17. The summed E-state index contributed by atoms with van der Waals surface area (Å²) in [6.07, 6.45) is 0. The fraction of sp³-hybridized carbons (Fsp3) is 0.316. The van der Waals surface area contributed by atoms with Crippen LogP contribution in [-0.2, 0) is 17.9 Å². The number of nitrogens with one attached hydrogen (secondary N) is 1. The number of carbonyl (C=O) groups is 1. The van der Waals surface area contributed by atoms with Gasteiger partial charge in [-0.25, -0.2) is 0 Å². The van der Waals surface area contributed by atoms with Crippen molar-refractivity contribution < 1.29 is 9.53 Å². The van der Waals surface area contributed by atoms with Crippen LogP contribution in [0.2, 0.25) is 5.02 Å². The Morgan fingerprint density at radius 2 is 1.92 bits per heavy atom. The number of halogens is 1. The molecule has 2 rings (SSSR count). The number of carbonyl (C=O) groups excluding carboxylic acids is 1. The molecule has 2 aromatic carbocycles. The van der Waals surface area contributed by atoms with Crippen LogP contribution in [0, 0.1) is 0 Å². The van der Waals surface area contributed by atoms with Gasteiger partial charge in [0.2, 0.25) is 5.91 Å². The third-order valence-electron chi connectivity index (χ3n) is 3.94. The van der Waals surface area contributed by atoms with Gasteiger partial charge in [-0.1, -0.05) is 35.9 Å². The summed E-state index contributed by atoms with van der Waals surface area (Å²) < 4.78 is 5.77. The predicted molar refractivity (Wildman–Crippen MR) is 97.2 cm³/mol. The molecule has 0 aliphatic heterocycles. The lowest BCUT2D eigenvalue weighted by Gasteiger charge is -2.23. The molecule has 4 nitrogen and oxygen atoms in total. The summed E-state index contributed by atoms with van der Waals surface area (Å²) in [6.45, 7) is 3.07. The largest absolute Gasteiger partial charge is 0.489 e. The minimum atomic E-state index is -0.172. The smallest absolute Gasteiger partial charge is 0.236 e. The van der Waals surface area contributed by atoms with Gasteiger partial charge in [0.05, 0.1) is 6.04 Å². The monoisotopic (exact) mass is 346 g/mol. The average molecular weight is 347 g/mol. The van der Waals surface area contributed by atoms with Gasteiger partial charge in [-0.2, -0.15) is 0 Å². The molecule has 5 heteroatoms. The maximum atomic E-state index is 11.7. The SMILES string of the molecule is CNC(=O)C(C)N(C)Cc1ccc(OCc2cccc(Cl)c2)cc1. The maximum Gasteiger partial charge on any atom is 0.236 e. The highest BCUT2D eigenvalue weighted by Crippen LogP contribution is 2.17. The zero-order valence-electron chi connectivity index (χ0n) is 14.3. The van der Waals surface area contributed by atoms with Gasteiger partial charge in [0, 0.05) is 18.6 Å². The van der Waals surface area contributed by atoms with Crippen molar-refractivity contribution in [3.63, 3.8) is 0 Å². The Hall–Kier alpha value is -2.04. The molecule has 2 aromatic rings. The Kier molecular flexibility index (Phi) is 6.64. The summed E-state index contributed by atoms with van der Waals surface area (Å²) >= 11 is 5.97. The van der Waals surface area contributed by atoms with E-state index in [0.717, 1.165) is 16.9 Å². The summed E-state index contributed by atoms with van der Waals surface area (Å²) in [4.78, 5) is 13.7. The van der Waals surface area contributed by atoms with E-state index in [1.54, 1.807) is 7.05 Å². The number of hydrogen-bond acceptors (Lipinski definition) is 3. The lowest BCUT2D eigenvalue weighted by Crippen LogP contribution is -2.41. The maximum absolute atomic E-state index is 11.7. The van der Waals surface area contributed by atoms with Gasteiger partial charge < -0.3 is 10.1 Å². The molecule has 0 aliphatic carbocycles. The molecule has 0 spiro atoms. The van der Waals surface area contributed by atoms with Crippen LogP contribution in [0.15, 0.2) is 48.5 Å². The molecule has 0 saturated carbocycles. The molecule has 0 bridgehead atoms. The molecule has 1 N–H and O–H groups in total. The highest BCUT2D eigenvalue weighted by molar-refractivity contribution is 6.30. The Balaban J connectivity index is 1.89. The van der Waals surface area contributed by atoms with Gasteiger partial charge in [-0.15, -0.1) is 0 Å². The molecule has 0 aromatic heterocycles. The fourth-order valence-electron chi connectivity index (χ4n) is 2.32. The van der Waals surface area contributed by atoms with E-state index >= 15 is 0 Å². The highest BCUT2D eigenvalue weighted by Gasteiger charge is 2.16. The molecule has 0 fully saturated rings. The van der Waals surface area contributed by atoms with Crippen LogP contribution < -0.4 is 10.1 Å². The second-order valence-electron chi connectivity index (χ2n) is 5.77. The van der Waals surface area contributed by atoms with E-state index in [-0.39, 0.29) is 11.9 Å². The lowest BCUT2D eigenvalue weighted by atomic mass is 10.2. The van der Waals surface area contributed by atoms with Crippen molar-refractivity contribution in [1.82, 2.24) is 10.2 Å². The molecule has 24 heavy (non-hydrogen) atoms. The van der Waals surface area contributed by atoms with Crippen molar-refractivity contribution in [3.8, 4) is 5.75 Å². The minimum absolute atomic E-state index is 0.0129. The predicted octanol–water partition coefficient (Wildman–Crippen LogP) is 3.49. The number of nitrogens with zero attached hydrogens (tertiary/aromatic N) is 1. The average Bonchev–Trinajstić information content (AvgIpc) is 2.59. The summed E-state index contributed by atoms with van der Waals surface area (Å²) in [5.74, 6) is 0.819. The molecule has 0 aliphatic rings. The number of hydrogen-bond donors (Lipinski definition) is 1. The van der Waals surface area contributed by atoms with Gasteiger partial charge in [0.1, 0.15) is 12.4 Å². The fourth-order valence-corrected chi connectivity index (χ4v) is 2.53. The van der Waals surface area contributed by atoms with E-state index < -0.39 is 0 Å². The van der Waals surface area contributed by atoms with Crippen molar-refractivity contribution in [1.29, 1.82) is 0 Å². The van der Waals surface area contributed by atoms with Crippen molar-refractivity contribution in [2.45, 2.75) is 26.1 Å². The van der Waals surface area contributed by atoms with Crippen molar-refractivity contribution in [3.05, 3.63) is 64.7 Å². The second kappa shape index (κ2) is 8.71. The molecular weight excluding hydrogens is 324 g/mol. The topological polar surface area (TPSA) is 41.6 Å². The standard InChI is InChI=1S/C19H23ClN2O2/c1-14(19(23)21-2)22(3)12-15-7-9-18(10-8-15)24-13-16-5-4-6-17(20)11-16/h4-11,14H,12-13H2,1-3H3,(H,21,23). The lowest BCUT2D eigenvalue weighted by molar-refractivity contribution is -0.125. The number of benzene rings is 2. The molecular formula is C19H23ClN2O2. The van der Waals surface area contributed by atoms with Crippen molar-refractivity contribution in [2.75, 3.05) is 14.1 Å². The molecule has 0 heterocycles. The molecule has 128 valence electrons. The zero-order valence-corrected chi connectivity index (χ0v) is 15.0. The van der Waals surface area contributed by atoms with E-state index in [9.17, 15) is 4.79 Å². The van der Waals surface area contributed by atoms with Crippen LogP contribution in [0.5, 0.6) is 5.75 Å². The van der Waals surface area contributed by atoms with E-state index in [1.807, 2.05) is 67.4 Å². The van der Waals surface area contributed by atoms with Crippen LogP contribution in [0.4, 0.5) is 0 Å². The Bertz CT molecular complexity index is 673.